The Bertz CT molecular complexity index is 852. The molecule has 0 aliphatic rings. The van der Waals surface area contributed by atoms with Gasteiger partial charge in [-0.1, -0.05) is 49.1 Å². The van der Waals surface area contributed by atoms with E-state index in [0.717, 1.165) is 11.5 Å². The minimum atomic E-state index is -0.229. The van der Waals surface area contributed by atoms with Crippen LogP contribution in [0.3, 0.4) is 0 Å². The lowest BCUT2D eigenvalue weighted by atomic mass is 9.87. The first-order chi connectivity index (χ1) is 14.2. The molecule has 7 heteroatoms. The molecular weight excluding hydrogens is 425 g/mol. The maximum absolute atomic E-state index is 6.02. The number of ether oxygens (including phenoxy) is 3. The highest BCUT2D eigenvalue weighted by molar-refractivity contribution is 6.55. The van der Waals surface area contributed by atoms with Gasteiger partial charge in [-0.15, -0.1) is 0 Å². The van der Waals surface area contributed by atoms with Gasteiger partial charge in [-0.3, -0.25) is 0 Å². The quantitative estimate of drug-likeness (QED) is 0.304. The molecule has 0 saturated carbocycles. The average Bonchev–Trinajstić information content (AvgIpc) is 2.67. The number of hydrogen-bond acceptors (Lipinski definition) is 5. The minimum Gasteiger partial charge on any atom is -0.489 e. The smallest absolute Gasteiger partial charge is 0.138 e. The van der Waals surface area contributed by atoms with Crippen LogP contribution in [0.15, 0.2) is 64.3 Å². The first-order valence-corrected chi connectivity index (χ1v) is 10.2. The van der Waals surface area contributed by atoms with E-state index in [-0.39, 0.29) is 16.0 Å². The Morgan fingerprint density at radius 1 is 0.933 bits per heavy atom. The zero-order chi connectivity index (χ0) is 22.1. The number of rotatable bonds is 9. The number of benzene rings is 2. The van der Waals surface area contributed by atoms with Crippen molar-refractivity contribution >= 4 is 28.9 Å². The van der Waals surface area contributed by atoms with Crippen LogP contribution < -0.4 is 14.2 Å². The minimum absolute atomic E-state index is 0.166. The molecule has 0 heterocycles. The molecule has 2 aromatic rings. The molecule has 0 fully saturated rings. The molecule has 0 spiro atoms. The molecule has 0 aliphatic heterocycles. The van der Waals surface area contributed by atoms with Crippen molar-refractivity contribution in [1.82, 2.24) is 0 Å². The lowest BCUT2D eigenvalue weighted by molar-refractivity contribution is 0.195. The van der Waals surface area contributed by atoms with Crippen molar-refractivity contribution in [2.45, 2.75) is 33.8 Å². The SMILES string of the molecule is CON=C(C(C)Oc1ccc(Oc2ccc(OCC=C(Cl)Cl)cc2)cc1)C(C)(C)C. The molecule has 1 atom stereocenters. The normalized spacial score (nSPS) is 12.7. The fraction of sp³-hybridized carbons (Fsp3) is 0.348. The summed E-state index contributed by atoms with van der Waals surface area (Å²) < 4.78 is 17.6. The summed E-state index contributed by atoms with van der Waals surface area (Å²) in [5.74, 6) is 2.80. The summed E-state index contributed by atoms with van der Waals surface area (Å²) in [6, 6.07) is 14.7. The van der Waals surface area contributed by atoms with Gasteiger partial charge in [-0.2, -0.15) is 0 Å². The Morgan fingerprint density at radius 3 is 1.90 bits per heavy atom. The Kier molecular flexibility index (Phi) is 8.88. The van der Waals surface area contributed by atoms with Gasteiger partial charge in [0.2, 0.25) is 0 Å². The van der Waals surface area contributed by atoms with Crippen molar-refractivity contribution in [1.29, 1.82) is 0 Å². The van der Waals surface area contributed by atoms with E-state index in [1.54, 1.807) is 6.08 Å². The Balaban J connectivity index is 1.96. The van der Waals surface area contributed by atoms with Crippen LogP contribution in [0.25, 0.3) is 0 Å². The lowest BCUT2D eigenvalue weighted by Crippen LogP contribution is -2.34. The number of hydrogen-bond donors (Lipinski definition) is 0. The van der Waals surface area contributed by atoms with Crippen LogP contribution >= 0.6 is 23.2 Å². The van der Waals surface area contributed by atoms with E-state index in [0.29, 0.717) is 23.9 Å². The first-order valence-electron chi connectivity index (χ1n) is 9.49. The fourth-order valence-corrected chi connectivity index (χ4v) is 2.83. The Hall–Kier alpha value is -2.37. The van der Waals surface area contributed by atoms with Crippen LogP contribution in [0.2, 0.25) is 0 Å². The van der Waals surface area contributed by atoms with E-state index in [2.05, 4.69) is 25.9 Å². The molecule has 0 saturated heterocycles. The summed E-state index contributed by atoms with van der Waals surface area (Å²) in [6.45, 7) is 8.47. The van der Waals surface area contributed by atoms with E-state index >= 15 is 0 Å². The van der Waals surface area contributed by atoms with Crippen LogP contribution in [-0.2, 0) is 4.84 Å². The van der Waals surface area contributed by atoms with Crippen molar-refractivity contribution in [2.75, 3.05) is 13.7 Å². The van der Waals surface area contributed by atoms with Crippen molar-refractivity contribution in [3.63, 3.8) is 0 Å². The fourth-order valence-electron chi connectivity index (χ4n) is 2.71. The van der Waals surface area contributed by atoms with Crippen molar-refractivity contribution < 1.29 is 19.0 Å². The molecule has 162 valence electrons. The van der Waals surface area contributed by atoms with Gasteiger partial charge in [0, 0.05) is 5.41 Å². The summed E-state index contributed by atoms with van der Waals surface area (Å²) in [7, 11) is 1.54. The summed E-state index contributed by atoms with van der Waals surface area (Å²) in [4.78, 5) is 4.98. The molecular formula is C23H27Cl2NO4. The molecule has 0 aliphatic carbocycles. The van der Waals surface area contributed by atoms with Gasteiger partial charge >= 0.3 is 0 Å². The molecule has 0 bridgehead atoms. The van der Waals surface area contributed by atoms with E-state index < -0.39 is 0 Å². The largest absolute Gasteiger partial charge is 0.489 e. The highest BCUT2D eigenvalue weighted by Gasteiger charge is 2.27. The summed E-state index contributed by atoms with van der Waals surface area (Å²) in [5.41, 5.74) is 0.664. The van der Waals surface area contributed by atoms with Gasteiger partial charge in [-0.05, 0) is 61.5 Å². The number of nitrogens with zero attached hydrogens (tertiary/aromatic N) is 1. The van der Waals surface area contributed by atoms with Gasteiger partial charge < -0.3 is 19.0 Å². The zero-order valence-corrected chi connectivity index (χ0v) is 19.3. The molecule has 5 nitrogen and oxygen atoms in total. The van der Waals surface area contributed by atoms with Gasteiger partial charge in [0.05, 0.1) is 0 Å². The van der Waals surface area contributed by atoms with Crippen LogP contribution in [0.1, 0.15) is 27.7 Å². The van der Waals surface area contributed by atoms with E-state index in [9.17, 15) is 0 Å². The molecule has 0 N–H and O–H groups in total. The molecule has 1 unspecified atom stereocenters. The zero-order valence-electron chi connectivity index (χ0n) is 17.8. The average molecular weight is 452 g/mol. The third-order valence-corrected chi connectivity index (χ3v) is 4.34. The highest BCUT2D eigenvalue weighted by atomic mass is 35.5. The summed E-state index contributed by atoms with van der Waals surface area (Å²) in [5, 5.41) is 4.14. The van der Waals surface area contributed by atoms with Crippen LogP contribution in [-0.4, -0.2) is 25.5 Å². The van der Waals surface area contributed by atoms with Gasteiger partial charge in [-0.25, -0.2) is 0 Å². The molecule has 2 rings (SSSR count). The number of halogens is 2. The maximum Gasteiger partial charge on any atom is 0.138 e. The maximum atomic E-state index is 6.02. The van der Waals surface area contributed by atoms with E-state index in [1.807, 2.05) is 55.5 Å². The van der Waals surface area contributed by atoms with Crippen LogP contribution in [0.5, 0.6) is 23.0 Å². The lowest BCUT2D eigenvalue weighted by Gasteiger charge is -2.26. The molecule has 30 heavy (non-hydrogen) atoms. The molecule has 0 aromatic heterocycles. The second kappa shape index (κ2) is 11.1. The highest BCUT2D eigenvalue weighted by Crippen LogP contribution is 2.27. The predicted octanol–water partition coefficient (Wildman–Crippen LogP) is 6.99. The second-order valence-electron chi connectivity index (χ2n) is 7.52. The van der Waals surface area contributed by atoms with Crippen molar-refractivity contribution in [2.24, 2.45) is 10.6 Å². The Morgan fingerprint density at radius 2 is 1.43 bits per heavy atom. The van der Waals surface area contributed by atoms with Crippen LogP contribution in [0.4, 0.5) is 0 Å². The topological polar surface area (TPSA) is 49.3 Å². The first kappa shape index (κ1) is 23.9. The molecule has 0 amide bonds. The van der Waals surface area contributed by atoms with E-state index in [4.69, 9.17) is 42.3 Å². The monoisotopic (exact) mass is 451 g/mol. The van der Waals surface area contributed by atoms with Gasteiger partial charge in [0.1, 0.15) is 53.0 Å². The summed E-state index contributed by atoms with van der Waals surface area (Å²) >= 11 is 11.1. The second-order valence-corrected chi connectivity index (χ2v) is 8.53. The molecule has 0 radical (unpaired) electrons. The predicted molar refractivity (Wildman–Crippen MR) is 122 cm³/mol. The standard InChI is InChI=1S/C23H27Cl2NO4/c1-16(22(26-27-5)23(2,3)4)29-18-10-12-20(13-11-18)30-19-8-6-17(7-9-19)28-15-14-21(24)25/h6-14,16H,15H2,1-5H3. The van der Waals surface area contributed by atoms with Gasteiger partial charge in [0.15, 0.2) is 0 Å². The van der Waals surface area contributed by atoms with Gasteiger partial charge in [0.25, 0.3) is 0 Å². The third kappa shape index (κ3) is 7.81. The summed E-state index contributed by atoms with van der Waals surface area (Å²) in [6.07, 6.45) is 1.34. The van der Waals surface area contributed by atoms with Crippen molar-refractivity contribution in [3.05, 3.63) is 59.1 Å². The van der Waals surface area contributed by atoms with E-state index in [1.165, 1.54) is 7.11 Å². The number of oxime groups is 1. The third-order valence-electron chi connectivity index (χ3n) is 4.03. The molecule has 2 aromatic carbocycles. The van der Waals surface area contributed by atoms with Crippen LogP contribution in [0, 0.1) is 5.41 Å². The Labute approximate surface area is 188 Å². The van der Waals surface area contributed by atoms with Crippen molar-refractivity contribution in [3.8, 4) is 23.0 Å².